The van der Waals surface area contributed by atoms with E-state index in [9.17, 15) is 39.3 Å². The van der Waals surface area contributed by atoms with E-state index in [4.69, 9.17) is 46.4 Å². The van der Waals surface area contributed by atoms with Crippen molar-refractivity contribution in [2.45, 2.75) is 92.6 Å². The van der Waals surface area contributed by atoms with Crippen molar-refractivity contribution in [2.75, 3.05) is 0 Å². The van der Waals surface area contributed by atoms with Crippen molar-refractivity contribution in [3.05, 3.63) is 106 Å². The van der Waals surface area contributed by atoms with Gasteiger partial charge >= 0.3 is 22.5 Å². The molecule has 60 heavy (non-hydrogen) atoms. The van der Waals surface area contributed by atoms with E-state index in [2.05, 4.69) is 10.2 Å². The zero-order chi connectivity index (χ0) is 42.9. The minimum atomic E-state index is -4.68. The number of benzene rings is 2. The third-order valence-corrected chi connectivity index (χ3v) is 15.4. The molecule has 0 aliphatic heterocycles. The standard InChI is InChI=1S/C40H32Cl4F6N4O3S3/c41-20-9-11-30(28(43)15-20)53-37-22-13-14-58-32(22)17-24(37)35(51-53)26(39(45,46)47)7-5-3-1-2-4-6-8-27(40(48,49)50)36-25-18-33-23(19-34(59-33)60(55,56)57)38(25)54(52-36)31-12-10-21(42)16-29(31)44/h9-16,19,26-27H,1-8,17-18H2,(H,55,56,57). The Kier molecular flexibility index (Phi) is 12.0. The minimum absolute atomic E-state index is 0.0241. The lowest BCUT2D eigenvalue weighted by Crippen LogP contribution is -2.23. The van der Waals surface area contributed by atoms with Crippen LogP contribution in [0.25, 0.3) is 33.9 Å². The van der Waals surface area contributed by atoms with Crippen LogP contribution >= 0.6 is 69.1 Å². The van der Waals surface area contributed by atoms with Gasteiger partial charge in [0, 0.05) is 54.9 Å². The molecule has 0 radical (unpaired) electrons. The summed E-state index contributed by atoms with van der Waals surface area (Å²) < 4.78 is 125. The van der Waals surface area contributed by atoms with Crippen molar-refractivity contribution in [3.8, 4) is 33.9 Å². The number of thiophene rings is 2. The quantitative estimate of drug-likeness (QED) is 0.0666. The van der Waals surface area contributed by atoms with E-state index in [1.54, 1.807) is 12.1 Å². The smallest absolute Gasteiger partial charge is 0.281 e. The average molecular weight is 969 g/mol. The summed E-state index contributed by atoms with van der Waals surface area (Å²) in [6, 6.07) is 12.3. The topological polar surface area (TPSA) is 90.0 Å². The monoisotopic (exact) mass is 966 g/mol. The summed E-state index contributed by atoms with van der Waals surface area (Å²) in [6.45, 7) is 0. The van der Waals surface area contributed by atoms with E-state index in [0.29, 0.717) is 69.5 Å². The van der Waals surface area contributed by atoms with E-state index in [1.165, 1.54) is 51.0 Å². The van der Waals surface area contributed by atoms with Gasteiger partial charge in [0.1, 0.15) is 4.21 Å². The second kappa shape index (κ2) is 16.6. The van der Waals surface area contributed by atoms with E-state index in [-0.39, 0.29) is 74.7 Å². The van der Waals surface area contributed by atoms with Crippen molar-refractivity contribution < 1.29 is 39.3 Å². The Labute approximate surface area is 368 Å². The van der Waals surface area contributed by atoms with Gasteiger partial charge in [-0.2, -0.15) is 45.0 Å². The van der Waals surface area contributed by atoms with Crippen LogP contribution in [0.15, 0.2) is 58.1 Å². The highest BCUT2D eigenvalue weighted by atomic mass is 35.5. The fourth-order valence-electron chi connectivity index (χ4n) is 8.24. The lowest BCUT2D eigenvalue weighted by atomic mass is 9.92. The van der Waals surface area contributed by atoms with Gasteiger partial charge in [-0.3, -0.25) is 4.55 Å². The fraction of sp³-hybridized carbons (Fsp3) is 0.350. The Balaban J connectivity index is 0.942. The van der Waals surface area contributed by atoms with Crippen LogP contribution in [0.3, 0.4) is 0 Å². The number of fused-ring (bicyclic) bond motifs is 6. The number of hydrogen-bond donors (Lipinski definition) is 1. The summed E-state index contributed by atoms with van der Waals surface area (Å²) in [5.41, 5.74) is 3.22. The minimum Gasteiger partial charge on any atom is -0.281 e. The SMILES string of the molecule is O=S(=O)(O)c1cc2c(s1)Cc1c(C(CCCCCCCCC(c3nn(-c4ccc(Cl)cc4Cl)c4c3Cc3sccc3-4)C(F)(F)F)C(F)(F)F)nn(-c3ccc(Cl)cc3Cl)c1-2. The molecule has 318 valence electrons. The van der Waals surface area contributed by atoms with E-state index < -0.39 is 34.3 Å². The van der Waals surface area contributed by atoms with Gasteiger partial charge < -0.3 is 0 Å². The predicted octanol–water partition coefficient (Wildman–Crippen LogP) is 14.3. The summed E-state index contributed by atoms with van der Waals surface area (Å²) in [5, 5.41) is 11.9. The molecule has 0 saturated carbocycles. The normalized spacial score (nSPS) is 14.7. The first kappa shape index (κ1) is 43.6. The van der Waals surface area contributed by atoms with Gasteiger partial charge in [-0.1, -0.05) is 84.9 Å². The molecule has 0 amide bonds. The zero-order valence-electron chi connectivity index (χ0n) is 31.0. The molecule has 7 nitrogen and oxygen atoms in total. The molecule has 0 bridgehead atoms. The van der Waals surface area contributed by atoms with Crippen LogP contribution in [0.5, 0.6) is 0 Å². The molecule has 2 atom stereocenters. The van der Waals surface area contributed by atoms with Crippen molar-refractivity contribution >= 4 is 79.2 Å². The Morgan fingerprint density at radius 1 is 0.667 bits per heavy atom. The van der Waals surface area contributed by atoms with Crippen LogP contribution in [-0.4, -0.2) is 44.9 Å². The van der Waals surface area contributed by atoms with Gasteiger partial charge in [-0.25, -0.2) is 9.36 Å². The predicted molar refractivity (Wildman–Crippen MR) is 224 cm³/mol. The lowest BCUT2D eigenvalue weighted by Gasteiger charge is -2.20. The van der Waals surface area contributed by atoms with Gasteiger partial charge in [0.15, 0.2) is 0 Å². The maximum Gasteiger partial charge on any atom is 0.397 e. The van der Waals surface area contributed by atoms with Crippen LogP contribution < -0.4 is 0 Å². The first-order valence-electron chi connectivity index (χ1n) is 18.8. The molecule has 4 aromatic heterocycles. The fourth-order valence-corrected chi connectivity index (χ4v) is 12.0. The molecule has 2 unspecified atom stereocenters. The first-order valence-corrected chi connectivity index (χ1v) is 23.4. The number of rotatable bonds is 14. The number of alkyl halides is 6. The molecule has 20 heteroatoms. The number of nitrogens with zero attached hydrogens (tertiary/aromatic N) is 4. The van der Waals surface area contributed by atoms with Gasteiger partial charge in [-0.15, -0.1) is 22.7 Å². The van der Waals surface area contributed by atoms with Crippen LogP contribution in [0, 0.1) is 0 Å². The second-order valence-corrected chi connectivity index (χ2v) is 20.3. The Morgan fingerprint density at radius 3 is 1.60 bits per heavy atom. The molecule has 1 N–H and O–H groups in total. The molecule has 4 heterocycles. The molecule has 0 fully saturated rings. The first-order chi connectivity index (χ1) is 28.3. The van der Waals surface area contributed by atoms with Crippen LogP contribution in [0.1, 0.15) is 95.5 Å². The third kappa shape index (κ3) is 8.39. The molecule has 2 aromatic carbocycles. The van der Waals surface area contributed by atoms with Crippen LogP contribution in [-0.2, 0) is 23.0 Å². The molecular formula is C40H32Cl4F6N4O3S3. The Bertz CT molecular complexity index is 2720. The van der Waals surface area contributed by atoms with Crippen molar-refractivity contribution in [1.29, 1.82) is 0 Å². The molecule has 2 aliphatic carbocycles. The summed E-state index contributed by atoms with van der Waals surface area (Å²) in [5.74, 6) is -3.79. The number of aromatic nitrogens is 4. The molecule has 0 spiro atoms. The average Bonchev–Trinajstić information content (AvgIpc) is 3.98. The largest absolute Gasteiger partial charge is 0.397 e. The maximum absolute atomic E-state index is 14.8. The number of hydrogen-bond acceptors (Lipinski definition) is 6. The van der Waals surface area contributed by atoms with Crippen molar-refractivity contribution in [1.82, 2.24) is 19.6 Å². The molecule has 0 saturated heterocycles. The van der Waals surface area contributed by atoms with Crippen molar-refractivity contribution in [3.63, 3.8) is 0 Å². The molecule has 8 rings (SSSR count). The Hall–Kier alpha value is -3.09. The summed E-state index contributed by atoms with van der Waals surface area (Å²) in [6.07, 6.45) is -7.13. The molecule has 2 aliphatic rings. The third-order valence-electron chi connectivity index (χ3n) is 11.0. The summed E-state index contributed by atoms with van der Waals surface area (Å²) in [7, 11) is -4.57. The van der Waals surface area contributed by atoms with Gasteiger partial charge in [0.05, 0.1) is 56.0 Å². The summed E-state index contributed by atoms with van der Waals surface area (Å²) in [4.78, 5) is 1.41. The highest BCUT2D eigenvalue weighted by molar-refractivity contribution is 7.88. The molecular weight excluding hydrogens is 936 g/mol. The van der Waals surface area contributed by atoms with E-state index in [1.807, 2.05) is 11.4 Å². The molecule has 6 aromatic rings. The number of halogens is 10. The second-order valence-electron chi connectivity index (χ2n) is 14.8. The van der Waals surface area contributed by atoms with E-state index in [0.717, 1.165) is 21.8 Å². The lowest BCUT2D eigenvalue weighted by molar-refractivity contribution is -0.154. The summed E-state index contributed by atoms with van der Waals surface area (Å²) >= 11 is 27.4. The van der Waals surface area contributed by atoms with Gasteiger partial charge in [-0.05, 0) is 66.8 Å². The maximum atomic E-state index is 14.8. The Morgan fingerprint density at radius 2 is 1.13 bits per heavy atom. The van der Waals surface area contributed by atoms with Crippen LogP contribution in [0.4, 0.5) is 26.3 Å². The van der Waals surface area contributed by atoms with Gasteiger partial charge in [0.2, 0.25) is 0 Å². The van der Waals surface area contributed by atoms with E-state index >= 15 is 0 Å². The van der Waals surface area contributed by atoms with Crippen LogP contribution in [0.2, 0.25) is 20.1 Å². The van der Waals surface area contributed by atoms with Crippen molar-refractivity contribution in [2.24, 2.45) is 0 Å². The highest BCUT2D eigenvalue weighted by Gasteiger charge is 2.47. The highest BCUT2D eigenvalue weighted by Crippen LogP contribution is 2.51. The number of unbranched alkanes of at least 4 members (excludes halogenated alkanes) is 5. The van der Waals surface area contributed by atoms with Gasteiger partial charge in [0.25, 0.3) is 0 Å². The zero-order valence-corrected chi connectivity index (χ0v) is 36.5.